The van der Waals surface area contributed by atoms with Crippen LogP contribution in [0.15, 0.2) is 24.3 Å². The fourth-order valence-electron chi connectivity index (χ4n) is 0.784. The van der Waals surface area contributed by atoms with Crippen molar-refractivity contribution < 1.29 is 4.79 Å². The molecule has 0 N–H and O–H groups in total. The van der Waals surface area contributed by atoms with Gasteiger partial charge in [0.2, 0.25) is 5.91 Å². The SMILES string of the molecule is CCCCC=CC=CC(=O)N(C)C. The van der Waals surface area contributed by atoms with Crippen LogP contribution in [0.3, 0.4) is 0 Å². The van der Waals surface area contributed by atoms with Crippen LogP contribution >= 0.6 is 0 Å². The quantitative estimate of drug-likeness (QED) is 0.362. The van der Waals surface area contributed by atoms with E-state index in [1.807, 2.05) is 6.08 Å². The van der Waals surface area contributed by atoms with Gasteiger partial charge in [-0.3, -0.25) is 4.79 Å². The van der Waals surface area contributed by atoms with Crippen LogP contribution in [0.5, 0.6) is 0 Å². The molecule has 0 rings (SSSR count). The lowest BCUT2D eigenvalue weighted by Gasteiger charge is -2.04. The van der Waals surface area contributed by atoms with E-state index >= 15 is 0 Å². The normalized spacial score (nSPS) is 11.3. The van der Waals surface area contributed by atoms with Crippen molar-refractivity contribution in [3.05, 3.63) is 24.3 Å². The summed E-state index contributed by atoms with van der Waals surface area (Å²) in [5.74, 6) is 0.0279. The molecule has 2 nitrogen and oxygen atoms in total. The van der Waals surface area contributed by atoms with Gasteiger partial charge in [-0.05, 0) is 6.42 Å². The molecule has 0 saturated heterocycles. The summed E-state index contributed by atoms with van der Waals surface area (Å²) in [6.45, 7) is 2.17. The summed E-state index contributed by atoms with van der Waals surface area (Å²) in [7, 11) is 3.49. The maximum Gasteiger partial charge on any atom is 0.246 e. The number of hydrogen-bond acceptors (Lipinski definition) is 1. The number of likely N-dealkylation sites (N-methyl/N-ethyl adjacent to an activating group) is 1. The van der Waals surface area contributed by atoms with Crippen molar-refractivity contribution in [1.82, 2.24) is 4.90 Å². The first-order valence-corrected chi connectivity index (χ1v) is 4.73. The minimum atomic E-state index is 0.0279. The summed E-state index contributed by atoms with van der Waals surface area (Å²) in [5.41, 5.74) is 0. The molecular formula is C11H19NO. The zero-order valence-electron chi connectivity index (χ0n) is 8.79. The Morgan fingerprint density at radius 2 is 2.00 bits per heavy atom. The van der Waals surface area contributed by atoms with Crippen molar-refractivity contribution in [2.24, 2.45) is 0 Å². The van der Waals surface area contributed by atoms with E-state index in [1.54, 1.807) is 31.1 Å². The molecule has 0 aliphatic heterocycles. The summed E-state index contributed by atoms with van der Waals surface area (Å²) in [5, 5.41) is 0. The minimum Gasteiger partial charge on any atom is -0.345 e. The second kappa shape index (κ2) is 7.59. The molecule has 0 radical (unpaired) electrons. The predicted octanol–water partition coefficient (Wildman–Crippen LogP) is 2.38. The molecule has 0 aliphatic carbocycles. The topological polar surface area (TPSA) is 20.3 Å². The van der Waals surface area contributed by atoms with Crippen LogP contribution in [0.25, 0.3) is 0 Å². The summed E-state index contributed by atoms with van der Waals surface area (Å²) >= 11 is 0. The zero-order valence-corrected chi connectivity index (χ0v) is 8.79. The molecule has 13 heavy (non-hydrogen) atoms. The molecule has 0 unspecified atom stereocenters. The van der Waals surface area contributed by atoms with Crippen LogP contribution in [-0.4, -0.2) is 24.9 Å². The number of allylic oxidation sites excluding steroid dienone is 3. The van der Waals surface area contributed by atoms with Crippen LogP contribution in [-0.2, 0) is 4.79 Å². The van der Waals surface area contributed by atoms with Gasteiger partial charge in [0.1, 0.15) is 0 Å². The molecule has 0 aromatic carbocycles. The van der Waals surface area contributed by atoms with Crippen LogP contribution in [0.4, 0.5) is 0 Å². The molecule has 0 bridgehead atoms. The minimum absolute atomic E-state index is 0.0279. The van der Waals surface area contributed by atoms with Crippen molar-refractivity contribution in [3.63, 3.8) is 0 Å². The number of amides is 1. The Labute approximate surface area is 80.9 Å². The molecule has 0 heterocycles. The van der Waals surface area contributed by atoms with E-state index < -0.39 is 0 Å². The van der Waals surface area contributed by atoms with Gasteiger partial charge in [-0.15, -0.1) is 0 Å². The molecule has 0 spiro atoms. The van der Waals surface area contributed by atoms with E-state index in [0.29, 0.717) is 0 Å². The standard InChI is InChI=1S/C11H19NO/c1-4-5-6-7-8-9-10-11(13)12(2)3/h7-10H,4-6H2,1-3H3. The van der Waals surface area contributed by atoms with Crippen molar-refractivity contribution in [3.8, 4) is 0 Å². The molecular weight excluding hydrogens is 162 g/mol. The second-order valence-electron chi connectivity index (χ2n) is 3.16. The van der Waals surface area contributed by atoms with Gasteiger partial charge in [0.15, 0.2) is 0 Å². The highest BCUT2D eigenvalue weighted by Gasteiger charge is 1.93. The lowest BCUT2D eigenvalue weighted by Crippen LogP contribution is -2.18. The highest BCUT2D eigenvalue weighted by molar-refractivity contribution is 5.87. The summed E-state index contributed by atoms with van der Waals surface area (Å²) < 4.78 is 0. The molecule has 0 atom stereocenters. The first-order valence-electron chi connectivity index (χ1n) is 4.73. The smallest absolute Gasteiger partial charge is 0.246 e. The van der Waals surface area contributed by atoms with Gasteiger partial charge in [0, 0.05) is 20.2 Å². The maximum atomic E-state index is 11.0. The number of nitrogens with zero attached hydrogens (tertiary/aromatic N) is 1. The number of carbonyl (C=O) groups is 1. The van der Waals surface area contributed by atoms with Gasteiger partial charge in [-0.1, -0.05) is 38.0 Å². The van der Waals surface area contributed by atoms with Crippen LogP contribution in [0.1, 0.15) is 26.2 Å². The van der Waals surface area contributed by atoms with Gasteiger partial charge < -0.3 is 4.90 Å². The third-order valence-corrected chi connectivity index (χ3v) is 1.65. The molecule has 0 aliphatic rings. The molecule has 0 aromatic heterocycles. The average molecular weight is 181 g/mol. The third-order valence-electron chi connectivity index (χ3n) is 1.65. The third kappa shape index (κ3) is 7.32. The Balaban J connectivity index is 3.62. The summed E-state index contributed by atoms with van der Waals surface area (Å²) in [4.78, 5) is 12.6. The number of hydrogen-bond donors (Lipinski definition) is 0. The van der Waals surface area contributed by atoms with Gasteiger partial charge in [0.05, 0.1) is 0 Å². The van der Waals surface area contributed by atoms with E-state index in [0.717, 1.165) is 6.42 Å². The Bertz CT molecular complexity index is 192. The molecule has 0 aromatic rings. The van der Waals surface area contributed by atoms with Crippen LogP contribution in [0.2, 0.25) is 0 Å². The molecule has 0 fully saturated rings. The zero-order chi connectivity index (χ0) is 10.1. The summed E-state index contributed by atoms with van der Waals surface area (Å²) in [6, 6.07) is 0. The Morgan fingerprint density at radius 1 is 1.31 bits per heavy atom. The molecule has 0 saturated carbocycles. The number of unbranched alkanes of at least 4 members (excludes halogenated alkanes) is 2. The highest BCUT2D eigenvalue weighted by Crippen LogP contribution is 1.94. The van der Waals surface area contributed by atoms with Gasteiger partial charge in [-0.25, -0.2) is 0 Å². The van der Waals surface area contributed by atoms with Crippen LogP contribution in [0, 0.1) is 0 Å². The highest BCUT2D eigenvalue weighted by atomic mass is 16.2. The van der Waals surface area contributed by atoms with Crippen molar-refractivity contribution in [2.45, 2.75) is 26.2 Å². The van der Waals surface area contributed by atoms with Crippen molar-refractivity contribution in [2.75, 3.05) is 14.1 Å². The van der Waals surface area contributed by atoms with Gasteiger partial charge in [-0.2, -0.15) is 0 Å². The Kier molecular flexibility index (Phi) is 6.98. The van der Waals surface area contributed by atoms with Gasteiger partial charge in [0.25, 0.3) is 0 Å². The average Bonchev–Trinajstić information content (AvgIpc) is 2.10. The van der Waals surface area contributed by atoms with Crippen molar-refractivity contribution >= 4 is 5.91 Å². The fourth-order valence-corrected chi connectivity index (χ4v) is 0.784. The molecule has 1 amide bonds. The van der Waals surface area contributed by atoms with Crippen molar-refractivity contribution in [1.29, 1.82) is 0 Å². The fraction of sp³-hybridized carbons (Fsp3) is 0.545. The predicted molar refractivity (Wildman–Crippen MR) is 56.5 cm³/mol. The lowest BCUT2D eigenvalue weighted by molar-refractivity contribution is -0.123. The summed E-state index contributed by atoms with van der Waals surface area (Å²) in [6.07, 6.45) is 10.9. The Morgan fingerprint density at radius 3 is 2.54 bits per heavy atom. The number of rotatable bonds is 5. The maximum absolute atomic E-state index is 11.0. The van der Waals surface area contributed by atoms with E-state index in [1.165, 1.54) is 12.8 Å². The first kappa shape index (κ1) is 11.9. The molecule has 2 heteroatoms. The second-order valence-corrected chi connectivity index (χ2v) is 3.16. The van der Waals surface area contributed by atoms with Crippen LogP contribution < -0.4 is 0 Å². The Hall–Kier alpha value is -1.05. The number of carbonyl (C=O) groups excluding carboxylic acids is 1. The van der Waals surface area contributed by atoms with E-state index in [2.05, 4.69) is 13.0 Å². The largest absolute Gasteiger partial charge is 0.345 e. The van der Waals surface area contributed by atoms with E-state index in [4.69, 9.17) is 0 Å². The van der Waals surface area contributed by atoms with E-state index in [9.17, 15) is 4.79 Å². The monoisotopic (exact) mass is 181 g/mol. The molecule has 74 valence electrons. The van der Waals surface area contributed by atoms with Gasteiger partial charge >= 0.3 is 0 Å². The lowest BCUT2D eigenvalue weighted by atomic mass is 10.2. The van der Waals surface area contributed by atoms with E-state index in [-0.39, 0.29) is 5.91 Å². The first-order chi connectivity index (χ1) is 6.18.